The number of carbonyl (C=O) groups excluding carboxylic acids is 1. The Bertz CT molecular complexity index is 1060. The van der Waals surface area contributed by atoms with Gasteiger partial charge in [0.1, 0.15) is 5.65 Å². The lowest BCUT2D eigenvalue weighted by Crippen LogP contribution is -2.29. The number of fused-ring (bicyclic) bond motifs is 1. The molecular formula is C24H30N2O3. The summed E-state index contributed by atoms with van der Waals surface area (Å²) in [6, 6.07) is 8.32. The van der Waals surface area contributed by atoms with Gasteiger partial charge in [-0.2, -0.15) is 0 Å². The molecule has 29 heavy (non-hydrogen) atoms. The van der Waals surface area contributed by atoms with Gasteiger partial charge in [0.2, 0.25) is 0 Å². The first-order chi connectivity index (χ1) is 13.5. The van der Waals surface area contributed by atoms with Gasteiger partial charge in [0, 0.05) is 27.9 Å². The number of benzene rings is 1. The molecular weight excluding hydrogens is 364 g/mol. The predicted molar refractivity (Wildman–Crippen MR) is 116 cm³/mol. The van der Waals surface area contributed by atoms with E-state index in [1.807, 2.05) is 34.6 Å². The van der Waals surface area contributed by atoms with Crippen LogP contribution in [0.2, 0.25) is 0 Å². The van der Waals surface area contributed by atoms with Crippen molar-refractivity contribution < 1.29 is 14.3 Å². The van der Waals surface area contributed by atoms with E-state index in [9.17, 15) is 4.79 Å². The van der Waals surface area contributed by atoms with E-state index in [0.29, 0.717) is 0 Å². The van der Waals surface area contributed by atoms with Crippen molar-refractivity contribution in [3.63, 3.8) is 0 Å². The third-order valence-electron chi connectivity index (χ3n) is 5.16. The van der Waals surface area contributed by atoms with E-state index >= 15 is 0 Å². The molecule has 0 aliphatic carbocycles. The van der Waals surface area contributed by atoms with E-state index < -0.39 is 17.7 Å². The second kappa shape index (κ2) is 7.64. The summed E-state index contributed by atoms with van der Waals surface area (Å²) in [6.07, 6.45) is -0.872. The lowest BCUT2D eigenvalue weighted by Gasteiger charge is -2.28. The van der Waals surface area contributed by atoms with Crippen LogP contribution in [0.1, 0.15) is 55.0 Å². The van der Waals surface area contributed by atoms with Crippen LogP contribution < -0.4 is 0 Å². The molecule has 0 saturated carbocycles. The Morgan fingerprint density at radius 1 is 1.07 bits per heavy atom. The van der Waals surface area contributed by atoms with Crippen molar-refractivity contribution in [2.24, 2.45) is 0 Å². The number of ether oxygens (including phenoxy) is 2. The molecule has 0 aliphatic rings. The van der Waals surface area contributed by atoms with Crippen molar-refractivity contribution >= 4 is 17.0 Å². The zero-order valence-electron chi connectivity index (χ0n) is 18.6. The summed E-state index contributed by atoms with van der Waals surface area (Å²) in [5.41, 5.74) is 7.12. The zero-order chi connectivity index (χ0) is 21.5. The van der Waals surface area contributed by atoms with Crippen LogP contribution in [0.5, 0.6) is 0 Å². The minimum Gasteiger partial charge on any atom is -0.467 e. The van der Waals surface area contributed by atoms with Crippen LogP contribution in [0.15, 0.2) is 24.3 Å². The van der Waals surface area contributed by atoms with Gasteiger partial charge < -0.3 is 14.5 Å². The van der Waals surface area contributed by atoms with Gasteiger partial charge in [0.05, 0.1) is 12.7 Å². The topological polar surface area (TPSA) is 64.2 Å². The summed E-state index contributed by atoms with van der Waals surface area (Å²) in [7, 11) is 1.39. The van der Waals surface area contributed by atoms with Crippen LogP contribution in [-0.2, 0) is 14.3 Å². The highest BCUT2D eigenvalue weighted by atomic mass is 16.6. The molecule has 0 amide bonds. The van der Waals surface area contributed by atoms with Gasteiger partial charge in [0.15, 0.2) is 6.10 Å². The Kier molecular flexibility index (Phi) is 5.54. The number of nitrogens with one attached hydrogen (secondary N) is 1. The maximum atomic E-state index is 12.8. The van der Waals surface area contributed by atoms with Crippen LogP contribution in [0.4, 0.5) is 0 Å². The number of aryl methyl sites for hydroxylation is 4. The number of H-pyrrole nitrogens is 1. The van der Waals surface area contributed by atoms with Crippen molar-refractivity contribution in [1.82, 2.24) is 9.97 Å². The Morgan fingerprint density at radius 2 is 1.69 bits per heavy atom. The molecule has 0 spiro atoms. The molecule has 3 aromatic rings. The van der Waals surface area contributed by atoms with Crippen molar-refractivity contribution in [3.05, 3.63) is 52.3 Å². The maximum Gasteiger partial charge on any atom is 0.339 e. The van der Waals surface area contributed by atoms with Crippen LogP contribution in [0.3, 0.4) is 0 Å². The monoisotopic (exact) mass is 394 g/mol. The number of carbonyl (C=O) groups is 1. The summed E-state index contributed by atoms with van der Waals surface area (Å²) in [5.74, 6) is -0.428. The molecule has 3 rings (SSSR count). The molecule has 5 nitrogen and oxygen atoms in total. The van der Waals surface area contributed by atoms with Crippen LogP contribution >= 0.6 is 0 Å². The Morgan fingerprint density at radius 3 is 2.24 bits per heavy atom. The van der Waals surface area contributed by atoms with E-state index in [1.165, 1.54) is 12.7 Å². The van der Waals surface area contributed by atoms with Crippen molar-refractivity contribution in [2.75, 3.05) is 7.11 Å². The summed E-state index contributed by atoms with van der Waals surface area (Å²) >= 11 is 0. The maximum absolute atomic E-state index is 12.8. The standard InChI is InChI=1S/C24H30N2O3/c1-13-9-11-17(12-10-13)20-18-14(2)15(3)25-22(18)26-16(4)19(20)21(23(27)28-8)29-24(5,6)7/h9-12,21H,1-8H3,(H,25,26)/t21-/m0/s1. The number of hydrogen-bond acceptors (Lipinski definition) is 4. The van der Waals surface area contributed by atoms with Gasteiger partial charge in [-0.25, -0.2) is 9.78 Å². The van der Waals surface area contributed by atoms with Crippen molar-refractivity contribution in [2.45, 2.75) is 60.2 Å². The lowest BCUT2D eigenvalue weighted by atomic mass is 9.90. The third kappa shape index (κ3) is 4.06. The number of rotatable bonds is 4. The quantitative estimate of drug-likeness (QED) is 0.594. The molecule has 0 saturated heterocycles. The molecule has 1 N–H and O–H groups in total. The Labute approximate surface area is 172 Å². The minimum atomic E-state index is -0.872. The number of methoxy groups -OCH3 is 1. The van der Waals surface area contributed by atoms with E-state index in [4.69, 9.17) is 14.5 Å². The summed E-state index contributed by atoms with van der Waals surface area (Å²) in [4.78, 5) is 21.0. The highest BCUT2D eigenvalue weighted by Gasteiger charge is 2.33. The first-order valence-electron chi connectivity index (χ1n) is 9.85. The molecule has 0 unspecified atom stereocenters. The average molecular weight is 395 g/mol. The highest BCUT2D eigenvalue weighted by Crippen LogP contribution is 2.41. The smallest absolute Gasteiger partial charge is 0.339 e. The normalized spacial score (nSPS) is 13.0. The number of nitrogens with zero attached hydrogens (tertiary/aromatic N) is 1. The number of esters is 1. The highest BCUT2D eigenvalue weighted by molar-refractivity contribution is 6.00. The molecule has 0 bridgehead atoms. The number of aromatic nitrogens is 2. The molecule has 0 aliphatic heterocycles. The SMILES string of the molecule is COC(=O)[C@@H](OC(C)(C)C)c1c(C)nc2[nH]c(C)c(C)c2c1-c1ccc(C)cc1. The molecule has 154 valence electrons. The van der Waals surface area contributed by atoms with E-state index in [2.05, 4.69) is 43.1 Å². The first-order valence-corrected chi connectivity index (χ1v) is 9.85. The van der Waals surface area contributed by atoms with E-state index in [-0.39, 0.29) is 0 Å². The van der Waals surface area contributed by atoms with Crippen molar-refractivity contribution in [1.29, 1.82) is 0 Å². The second-order valence-electron chi connectivity index (χ2n) is 8.58. The van der Waals surface area contributed by atoms with Crippen LogP contribution in [0, 0.1) is 27.7 Å². The molecule has 2 heterocycles. The van der Waals surface area contributed by atoms with E-state index in [1.54, 1.807) is 0 Å². The summed E-state index contributed by atoms with van der Waals surface area (Å²) < 4.78 is 11.3. The number of aromatic amines is 1. The van der Waals surface area contributed by atoms with Gasteiger partial charge in [-0.05, 0) is 59.6 Å². The largest absolute Gasteiger partial charge is 0.467 e. The fraction of sp³-hybridized carbons (Fsp3) is 0.417. The second-order valence-corrected chi connectivity index (χ2v) is 8.58. The van der Waals surface area contributed by atoms with Crippen molar-refractivity contribution in [3.8, 4) is 11.1 Å². The van der Waals surface area contributed by atoms with Crippen LogP contribution in [-0.4, -0.2) is 28.6 Å². The minimum absolute atomic E-state index is 0.428. The Balaban J connectivity index is 2.42. The molecule has 0 fully saturated rings. The molecule has 5 heteroatoms. The van der Waals surface area contributed by atoms with Gasteiger partial charge >= 0.3 is 5.97 Å². The molecule has 0 radical (unpaired) electrons. The van der Waals surface area contributed by atoms with Gasteiger partial charge in [0.25, 0.3) is 0 Å². The fourth-order valence-electron chi connectivity index (χ4n) is 3.66. The summed E-state index contributed by atoms with van der Waals surface area (Å²) in [6.45, 7) is 13.9. The zero-order valence-corrected chi connectivity index (χ0v) is 18.6. The lowest BCUT2D eigenvalue weighted by molar-refractivity contribution is -0.164. The van der Waals surface area contributed by atoms with Gasteiger partial charge in [-0.3, -0.25) is 0 Å². The van der Waals surface area contributed by atoms with Gasteiger partial charge in [-0.15, -0.1) is 0 Å². The van der Waals surface area contributed by atoms with Crippen LogP contribution in [0.25, 0.3) is 22.2 Å². The average Bonchev–Trinajstić information content (AvgIpc) is 2.92. The Hall–Kier alpha value is -2.66. The third-order valence-corrected chi connectivity index (χ3v) is 5.16. The molecule has 1 atom stereocenters. The fourth-order valence-corrected chi connectivity index (χ4v) is 3.66. The number of hydrogen-bond donors (Lipinski definition) is 1. The summed E-state index contributed by atoms with van der Waals surface area (Å²) in [5, 5.41) is 1.01. The van der Waals surface area contributed by atoms with Gasteiger partial charge in [-0.1, -0.05) is 29.8 Å². The molecule has 1 aromatic carbocycles. The number of pyridine rings is 1. The van der Waals surface area contributed by atoms with E-state index in [0.717, 1.165) is 44.7 Å². The molecule has 2 aromatic heterocycles. The first kappa shape index (κ1) is 21.1. The predicted octanol–water partition coefficient (Wildman–Crippen LogP) is 5.49.